The van der Waals surface area contributed by atoms with Gasteiger partial charge in [-0.15, -0.1) is 0 Å². The molecule has 0 saturated heterocycles. The molecule has 3 radical (unpaired) electrons. The van der Waals surface area contributed by atoms with E-state index < -0.39 is 39.1 Å². The normalized spacial score (nSPS) is 14.0. The van der Waals surface area contributed by atoms with Crippen molar-refractivity contribution in [1.29, 1.82) is 0 Å². The van der Waals surface area contributed by atoms with Gasteiger partial charge in [-0.05, 0) is 0 Å². The Hall–Kier alpha value is 0.449. The molecule has 0 aliphatic rings. The molecular formula is C3H2F5Sn. The van der Waals surface area contributed by atoms with Gasteiger partial charge in [0.25, 0.3) is 0 Å². The molecule has 53 valence electrons. The Balaban J connectivity index is 3.75. The van der Waals surface area contributed by atoms with E-state index in [4.69, 9.17) is 0 Å². The summed E-state index contributed by atoms with van der Waals surface area (Å²) in [5.41, 5.74) is 0. The SMILES string of the molecule is FC(F)(F)C[C](F)(F)[Sn]. The number of hydrogen-bond acceptors (Lipinski definition) is 0. The van der Waals surface area contributed by atoms with Crippen molar-refractivity contribution in [2.24, 2.45) is 0 Å². The quantitative estimate of drug-likeness (QED) is 0.492. The fourth-order valence-electron chi connectivity index (χ4n) is 0.252. The van der Waals surface area contributed by atoms with Gasteiger partial charge in [0.2, 0.25) is 0 Å². The molecule has 0 rings (SSSR count). The summed E-state index contributed by atoms with van der Waals surface area (Å²) in [5, 5.41) is 0. The van der Waals surface area contributed by atoms with E-state index in [-0.39, 0.29) is 0 Å². The Morgan fingerprint density at radius 1 is 1.00 bits per heavy atom. The van der Waals surface area contributed by atoms with E-state index in [1.165, 1.54) is 0 Å². The summed E-state index contributed by atoms with van der Waals surface area (Å²) >= 11 is -0.399. The van der Waals surface area contributed by atoms with Crippen LogP contribution in [0.3, 0.4) is 0 Å². The standard InChI is InChI=1S/C3H2F5.Sn/c4-2(5)1-3(6,7)8;/h1H2;. The third kappa shape index (κ3) is 8.45. The van der Waals surface area contributed by atoms with Crippen LogP contribution in [-0.2, 0) is 0 Å². The molecule has 0 aliphatic heterocycles. The van der Waals surface area contributed by atoms with Crippen molar-refractivity contribution < 1.29 is 22.0 Å². The fraction of sp³-hybridized carbons (Fsp3) is 1.00. The summed E-state index contributed by atoms with van der Waals surface area (Å²) in [6, 6.07) is 0. The van der Waals surface area contributed by atoms with Crippen LogP contribution in [0.1, 0.15) is 6.42 Å². The van der Waals surface area contributed by atoms with Crippen LogP contribution in [0.4, 0.5) is 22.0 Å². The van der Waals surface area contributed by atoms with E-state index >= 15 is 0 Å². The van der Waals surface area contributed by atoms with Crippen molar-refractivity contribution in [2.45, 2.75) is 16.5 Å². The van der Waals surface area contributed by atoms with Crippen LogP contribution in [-0.4, -0.2) is 32.6 Å². The van der Waals surface area contributed by atoms with Crippen LogP contribution in [0.5, 0.6) is 0 Å². The maximum absolute atomic E-state index is 11.5. The minimum absolute atomic E-state index is 0.399. The summed E-state index contributed by atoms with van der Waals surface area (Å²) in [7, 11) is 0. The van der Waals surface area contributed by atoms with E-state index in [1.807, 2.05) is 0 Å². The summed E-state index contributed by atoms with van der Waals surface area (Å²) in [6.07, 6.45) is -6.74. The van der Waals surface area contributed by atoms with E-state index in [1.54, 1.807) is 0 Å². The molecule has 9 heavy (non-hydrogen) atoms. The van der Waals surface area contributed by atoms with Crippen LogP contribution in [0.25, 0.3) is 0 Å². The molecule has 0 amide bonds. The van der Waals surface area contributed by atoms with Crippen molar-refractivity contribution in [3.8, 4) is 0 Å². The third-order valence-electron chi connectivity index (χ3n) is 0.422. The molecule has 0 spiro atoms. The van der Waals surface area contributed by atoms with E-state index in [0.29, 0.717) is 0 Å². The van der Waals surface area contributed by atoms with Crippen LogP contribution in [0.15, 0.2) is 0 Å². The molecule has 0 unspecified atom stereocenters. The first-order valence-corrected chi connectivity index (χ1v) is 3.33. The van der Waals surface area contributed by atoms with Crippen molar-refractivity contribution in [3.63, 3.8) is 0 Å². The molecule has 0 saturated carbocycles. The van der Waals surface area contributed by atoms with E-state index in [9.17, 15) is 22.0 Å². The molecule has 0 fully saturated rings. The van der Waals surface area contributed by atoms with Crippen molar-refractivity contribution in [2.75, 3.05) is 0 Å². The fourth-order valence-corrected chi connectivity index (χ4v) is 0.824. The average Bonchev–Trinajstić information content (AvgIpc) is 1.14. The molecule has 0 atom stereocenters. The minimum atomic E-state index is -4.74. The first-order valence-electron chi connectivity index (χ1n) is 1.90. The number of hydrogen-bond donors (Lipinski definition) is 0. The van der Waals surface area contributed by atoms with Crippen LogP contribution < -0.4 is 0 Å². The van der Waals surface area contributed by atoms with Crippen LogP contribution >= 0.6 is 0 Å². The zero-order valence-corrected chi connectivity index (χ0v) is 6.95. The van der Waals surface area contributed by atoms with Gasteiger partial charge >= 0.3 is 61.0 Å². The summed E-state index contributed by atoms with van der Waals surface area (Å²) in [5.74, 6) is 0. The Kier molecular flexibility index (Phi) is 2.72. The Morgan fingerprint density at radius 3 is 1.33 bits per heavy atom. The molecule has 0 aromatic rings. The van der Waals surface area contributed by atoms with Crippen LogP contribution in [0, 0.1) is 0 Å². The topological polar surface area (TPSA) is 0 Å². The van der Waals surface area contributed by atoms with Crippen molar-refractivity contribution in [1.82, 2.24) is 0 Å². The van der Waals surface area contributed by atoms with Gasteiger partial charge in [0.15, 0.2) is 0 Å². The summed E-state index contributed by atoms with van der Waals surface area (Å²) in [4.78, 5) is 0. The van der Waals surface area contributed by atoms with E-state index in [0.717, 1.165) is 0 Å². The second kappa shape index (κ2) is 2.59. The predicted molar refractivity (Wildman–Crippen MR) is 21.4 cm³/mol. The second-order valence-corrected chi connectivity index (χ2v) is 3.58. The zero-order chi connectivity index (χ0) is 7.71. The van der Waals surface area contributed by atoms with Gasteiger partial charge < -0.3 is 0 Å². The first-order chi connectivity index (χ1) is 3.71. The van der Waals surface area contributed by atoms with Gasteiger partial charge in [-0.3, -0.25) is 0 Å². The number of halogens is 5. The van der Waals surface area contributed by atoms with Crippen molar-refractivity contribution >= 4 is 22.5 Å². The van der Waals surface area contributed by atoms with Gasteiger partial charge in [-0.25, -0.2) is 0 Å². The van der Waals surface area contributed by atoms with E-state index in [2.05, 4.69) is 0 Å². The van der Waals surface area contributed by atoms with Crippen LogP contribution in [0.2, 0.25) is 0 Å². The molecule has 0 bridgehead atoms. The molecule has 0 aromatic carbocycles. The summed E-state index contributed by atoms with van der Waals surface area (Å²) in [6.45, 7) is 0. The molecule has 0 N–H and O–H groups in total. The van der Waals surface area contributed by atoms with Crippen molar-refractivity contribution in [3.05, 3.63) is 0 Å². The van der Waals surface area contributed by atoms with Gasteiger partial charge in [-0.1, -0.05) is 0 Å². The summed E-state index contributed by atoms with van der Waals surface area (Å²) < 4.78 is 52.8. The maximum atomic E-state index is 11.5. The Morgan fingerprint density at radius 2 is 1.33 bits per heavy atom. The number of rotatable bonds is 1. The van der Waals surface area contributed by atoms with Gasteiger partial charge in [-0.2, -0.15) is 0 Å². The predicted octanol–water partition coefficient (Wildman–Crippen LogP) is 1.70. The van der Waals surface area contributed by atoms with Gasteiger partial charge in [0.1, 0.15) is 0 Å². The second-order valence-electron chi connectivity index (χ2n) is 1.50. The number of alkyl halides is 5. The Bertz CT molecular complexity index is 77.4. The molecule has 0 aliphatic carbocycles. The average molecular weight is 252 g/mol. The Labute approximate surface area is 61.5 Å². The first kappa shape index (κ1) is 9.45. The molecule has 0 nitrogen and oxygen atoms in total. The van der Waals surface area contributed by atoms with Gasteiger partial charge in [0, 0.05) is 0 Å². The molecule has 0 aromatic heterocycles. The monoisotopic (exact) mass is 253 g/mol. The third-order valence-corrected chi connectivity index (χ3v) is 0.927. The molecule has 0 heterocycles. The van der Waals surface area contributed by atoms with Gasteiger partial charge in [0.05, 0.1) is 0 Å². The molecular weight excluding hydrogens is 250 g/mol. The molecule has 6 heteroatoms. The zero-order valence-electron chi connectivity index (χ0n) is 4.10.